The summed E-state index contributed by atoms with van der Waals surface area (Å²) in [6.07, 6.45) is 2.59. The summed E-state index contributed by atoms with van der Waals surface area (Å²) < 4.78 is 6.51. The molecule has 5 heteroatoms. The SMILES string of the molecule is Cc1ccc2c(C(=O)N3C[C@@H]4[C@H](CN(C)C)[C@H]5CC[C@]4(C3)O5)cc(C)nc2c1. The Hall–Kier alpha value is -1.98. The Morgan fingerprint density at radius 1 is 1.32 bits per heavy atom. The van der Waals surface area contributed by atoms with Gasteiger partial charge in [-0.05, 0) is 58.5 Å². The van der Waals surface area contributed by atoms with E-state index in [0.29, 0.717) is 17.9 Å². The van der Waals surface area contributed by atoms with Crippen molar-refractivity contribution in [2.45, 2.75) is 38.4 Å². The summed E-state index contributed by atoms with van der Waals surface area (Å²) in [7, 11) is 4.26. The van der Waals surface area contributed by atoms with E-state index in [0.717, 1.165) is 60.2 Å². The van der Waals surface area contributed by atoms with Gasteiger partial charge in [-0.2, -0.15) is 0 Å². The second-order valence-electron chi connectivity index (χ2n) is 9.31. The number of aromatic nitrogens is 1. The first-order valence-corrected chi connectivity index (χ1v) is 10.4. The third-order valence-corrected chi connectivity index (χ3v) is 6.97. The van der Waals surface area contributed by atoms with Gasteiger partial charge in [-0.25, -0.2) is 0 Å². The van der Waals surface area contributed by atoms with E-state index in [1.54, 1.807) is 0 Å². The molecule has 0 aliphatic carbocycles. The van der Waals surface area contributed by atoms with Gasteiger partial charge in [0.2, 0.25) is 0 Å². The maximum absolute atomic E-state index is 13.6. The number of pyridine rings is 1. The molecule has 2 bridgehead atoms. The molecule has 1 spiro atoms. The van der Waals surface area contributed by atoms with E-state index < -0.39 is 0 Å². The van der Waals surface area contributed by atoms with Crippen molar-refractivity contribution in [1.29, 1.82) is 0 Å². The molecule has 5 nitrogen and oxygen atoms in total. The minimum Gasteiger partial charge on any atom is -0.369 e. The molecule has 1 amide bonds. The predicted molar refractivity (Wildman–Crippen MR) is 109 cm³/mol. The Kier molecular flexibility index (Phi) is 4.04. The highest BCUT2D eigenvalue weighted by Gasteiger charge is 2.63. The number of benzene rings is 1. The number of rotatable bonds is 3. The molecule has 5 rings (SSSR count). The highest BCUT2D eigenvalue weighted by Crippen LogP contribution is 2.55. The van der Waals surface area contributed by atoms with Crippen LogP contribution in [-0.2, 0) is 4.74 Å². The van der Waals surface area contributed by atoms with Gasteiger partial charge < -0.3 is 14.5 Å². The van der Waals surface area contributed by atoms with Crippen molar-refractivity contribution in [3.63, 3.8) is 0 Å². The molecule has 3 fully saturated rings. The monoisotopic (exact) mass is 379 g/mol. The molecule has 148 valence electrons. The van der Waals surface area contributed by atoms with E-state index in [2.05, 4.69) is 43.0 Å². The maximum atomic E-state index is 13.6. The highest BCUT2D eigenvalue weighted by molar-refractivity contribution is 6.06. The number of amides is 1. The number of likely N-dealkylation sites (tertiary alicyclic amines) is 1. The normalized spacial score (nSPS) is 31.2. The van der Waals surface area contributed by atoms with E-state index in [4.69, 9.17) is 4.74 Å². The number of aryl methyl sites for hydroxylation is 2. The molecular weight excluding hydrogens is 350 g/mol. The highest BCUT2D eigenvalue weighted by atomic mass is 16.5. The van der Waals surface area contributed by atoms with Crippen LogP contribution in [0.2, 0.25) is 0 Å². The molecule has 0 radical (unpaired) electrons. The average Bonchev–Trinajstić information content (AvgIpc) is 3.29. The molecule has 0 N–H and O–H groups in total. The van der Waals surface area contributed by atoms with Crippen molar-refractivity contribution in [1.82, 2.24) is 14.8 Å². The van der Waals surface area contributed by atoms with Gasteiger partial charge in [0.15, 0.2) is 0 Å². The van der Waals surface area contributed by atoms with Crippen molar-refractivity contribution in [2.24, 2.45) is 11.8 Å². The second-order valence-corrected chi connectivity index (χ2v) is 9.31. The van der Waals surface area contributed by atoms with Crippen molar-refractivity contribution in [2.75, 3.05) is 33.7 Å². The Morgan fingerprint density at radius 2 is 2.14 bits per heavy atom. The van der Waals surface area contributed by atoms with Crippen LogP contribution in [0.5, 0.6) is 0 Å². The number of ether oxygens (including phenoxy) is 1. The summed E-state index contributed by atoms with van der Waals surface area (Å²) >= 11 is 0. The number of hydrogen-bond donors (Lipinski definition) is 0. The summed E-state index contributed by atoms with van der Waals surface area (Å²) in [6, 6.07) is 8.11. The zero-order chi connectivity index (χ0) is 19.6. The van der Waals surface area contributed by atoms with E-state index in [1.165, 1.54) is 0 Å². The van der Waals surface area contributed by atoms with Gasteiger partial charge in [0.25, 0.3) is 5.91 Å². The van der Waals surface area contributed by atoms with E-state index in [1.807, 2.05) is 24.0 Å². The molecule has 4 heterocycles. The van der Waals surface area contributed by atoms with Crippen LogP contribution in [0.1, 0.15) is 34.5 Å². The molecule has 28 heavy (non-hydrogen) atoms. The topological polar surface area (TPSA) is 45.7 Å². The first-order chi connectivity index (χ1) is 13.4. The van der Waals surface area contributed by atoms with E-state index >= 15 is 0 Å². The van der Waals surface area contributed by atoms with Gasteiger partial charge in [-0.3, -0.25) is 9.78 Å². The lowest BCUT2D eigenvalue weighted by Gasteiger charge is -2.30. The Labute approximate surface area is 166 Å². The minimum atomic E-state index is -0.116. The van der Waals surface area contributed by atoms with Gasteiger partial charge in [-0.1, -0.05) is 12.1 Å². The van der Waals surface area contributed by atoms with Crippen LogP contribution >= 0.6 is 0 Å². The third-order valence-electron chi connectivity index (χ3n) is 6.97. The standard InChI is InChI=1S/C23H29N3O2/c1-14-5-6-16-17(10-15(2)24-20(16)9-14)22(27)26-12-19-18(11-25(3)4)21-7-8-23(19,13-26)28-21/h5-6,9-10,18-19,21H,7-8,11-13H2,1-4H3/t18-,19+,21+,23+/m0/s1. The first kappa shape index (κ1) is 18.1. The second kappa shape index (κ2) is 6.26. The molecule has 2 aromatic rings. The molecule has 0 unspecified atom stereocenters. The fourth-order valence-electron chi connectivity index (χ4n) is 5.83. The maximum Gasteiger partial charge on any atom is 0.254 e. The Morgan fingerprint density at radius 3 is 2.93 bits per heavy atom. The molecule has 3 aliphatic rings. The van der Waals surface area contributed by atoms with Gasteiger partial charge in [0.05, 0.1) is 29.3 Å². The van der Waals surface area contributed by atoms with Crippen LogP contribution in [0.4, 0.5) is 0 Å². The summed E-state index contributed by atoms with van der Waals surface area (Å²) in [5.41, 5.74) is 3.62. The summed E-state index contributed by atoms with van der Waals surface area (Å²) in [4.78, 5) is 22.5. The smallest absolute Gasteiger partial charge is 0.254 e. The van der Waals surface area contributed by atoms with Crippen molar-refractivity contribution < 1.29 is 9.53 Å². The molecule has 0 saturated carbocycles. The molecule has 3 aliphatic heterocycles. The molecule has 4 atom stereocenters. The van der Waals surface area contributed by atoms with Crippen molar-refractivity contribution >= 4 is 16.8 Å². The fourth-order valence-corrected chi connectivity index (χ4v) is 5.83. The third kappa shape index (κ3) is 2.67. The number of fused-ring (bicyclic) bond motifs is 2. The van der Waals surface area contributed by atoms with Crippen molar-refractivity contribution in [3.8, 4) is 0 Å². The largest absolute Gasteiger partial charge is 0.369 e. The van der Waals surface area contributed by atoms with E-state index in [-0.39, 0.29) is 11.5 Å². The van der Waals surface area contributed by atoms with Gasteiger partial charge in [-0.15, -0.1) is 0 Å². The van der Waals surface area contributed by atoms with Crippen LogP contribution in [0.15, 0.2) is 24.3 Å². The zero-order valence-corrected chi connectivity index (χ0v) is 17.2. The lowest BCUT2D eigenvalue weighted by molar-refractivity contribution is 0.00258. The number of nitrogens with zero attached hydrogens (tertiary/aromatic N) is 3. The summed E-state index contributed by atoms with van der Waals surface area (Å²) in [5, 5.41) is 0.950. The fraction of sp³-hybridized carbons (Fsp3) is 0.565. The molecule has 3 saturated heterocycles. The predicted octanol–water partition coefficient (Wildman–Crippen LogP) is 3.03. The Bertz CT molecular complexity index is 951. The van der Waals surface area contributed by atoms with Crippen LogP contribution in [0.25, 0.3) is 10.9 Å². The van der Waals surface area contributed by atoms with E-state index in [9.17, 15) is 4.79 Å². The quantitative estimate of drug-likeness (QED) is 0.822. The average molecular weight is 380 g/mol. The van der Waals surface area contributed by atoms with Crippen molar-refractivity contribution in [3.05, 3.63) is 41.1 Å². The number of hydrogen-bond acceptors (Lipinski definition) is 4. The number of carbonyl (C=O) groups is 1. The minimum absolute atomic E-state index is 0.116. The van der Waals surface area contributed by atoms with Gasteiger partial charge >= 0.3 is 0 Å². The van der Waals surface area contributed by atoms with Crippen LogP contribution in [0.3, 0.4) is 0 Å². The lowest BCUT2D eigenvalue weighted by Crippen LogP contribution is -2.40. The Balaban J connectivity index is 1.47. The summed E-state index contributed by atoms with van der Waals surface area (Å²) in [6.45, 7) is 6.60. The van der Waals surface area contributed by atoms with Crippen LogP contribution in [0, 0.1) is 25.7 Å². The molecular formula is C23H29N3O2. The number of carbonyl (C=O) groups excluding carboxylic acids is 1. The summed E-state index contributed by atoms with van der Waals surface area (Å²) in [5.74, 6) is 1.10. The van der Waals surface area contributed by atoms with Gasteiger partial charge in [0.1, 0.15) is 0 Å². The van der Waals surface area contributed by atoms with Gasteiger partial charge in [0, 0.05) is 36.0 Å². The zero-order valence-electron chi connectivity index (χ0n) is 17.2. The van der Waals surface area contributed by atoms with Crippen LogP contribution in [-0.4, -0.2) is 66.1 Å². The molecule has 1 aromatic carbocycles. The van der Waals surface area contributed by atoms with Crippen LogP contribution < -0.4 is 0 Å². The molecule has 1 aromatic heterocycles. The lowest BCUT2D eigenvalue weighted by atomic mass is 9.73. The first-order valence-electron chi connectivity index (χ1n) is 10.4.